The average molecular weight is 367 g/mol. The number of hydrogen-bond donors (Lipinski definition) is 1. The summed E-state index contributed by atoms with van der Waals surface area (Å²) in [6.07, 6.45) is 8.99. The molecule has 0 radical (unpaired) electrons. The molecule has 0 aliphatic carbocycles. The van der Waals surface area contributed by atoms with E-state index < -0.39 is 0 Å². The molecule has 1 unspecified atom stereocenters. The van der Waals surface area contributed by atoms with E-state index in [1.54, 1.807) is 24.5 Å². The second-order valence-corrected chi connectivity index (χ2v) is 7.44. The summed E-state index contributed by atoms with van der Waals surface area (Å²) in [7, 11) is 0. The Bertz CT molecular complexity index is 830. The Balaban J connectivity index is 1.35. The molecule has 4 rings (SSSR count). The summed E-state index contributed by atoms with van der Waals surface area (Å²) in [5, 5.41) is 0. The molecular weight excluding hydrogens is 342 g/mol. The molecule has 2 saturated heterocycles. The maximum Gasteiger partial charge on any atom is 0.255 e. The Morgan fingerprint density at radius 2 is 2.04 bits per heavy atom. The Morgan fingerprint density at radius 1 is 1.19 bits per heavy atom. The van der Waals surface area contributed by atoms with Crippen LogP contribution in [0.3, 0.4) is 0 Å². The van der Waals surface area contributed by atoms with Crippen LogP contribution in [0.5, 0.6) is 0 Å². The lowest BCUT2D eigenvalue weighted by Crippen LogP contribution is -2.49. The zero-order chi connectivity index (χ0) is 18.6. The summed E-state index contributed by atoms with van der Waals surface area (Å²) < 4.78 is 0. The zero-order valence-corrected chi connectivity index (χ0v) is 15.4. The molecule has 1 amide bonds. The smallest absolute Gasteiger partial charge is 0.255 e. The minimum Gasteiger partial charge on any atom is -0.338 e. The molecule has 4 heterocycles. The van der Waals surface area contributed by atoms with Gasteiger partial charge in [0.05, 0.1) is 17.6 Å². The minimum atomic E-state index is -0.0839. The fourth-order valence-corrected chi connectivity index (χ4v) is 4.29. The van der Waals surface area contributed by atoms with E-state index in [0.29, 0.717) is 17.5 Å². The highest BCUT2D eigenvalue weighted by atomic mass is 16.2. The monoisotopic (exact) mass is 367 g/mol. The normalized spacial score (nSPS) is 21.9. The van der Waals surface area contributed by atoms with Gasteiger partial charge >= 0.3 is 0 Å². The summed E-state index contributed by atoms with van der Waals surface area (Å²) in [6, 6.07) is 5.75. The number of piperidine rings is 2. The minimum absolute atomic E-state index is 0.0748. The van der Waals surface area contributed by atoms with Gasteiger partial charge in [-0.2, -0.15) is 0 Å². The second kappa shape index (κ2) is 8.00. The van der Waals surface area contributed by atoms with Crippen LogP contribution in [-0.2, 0) is 0 Å². The lowest BCUT2D eigenvalue weighted by atomic mass is 9.91. The summed E-state index contributed by atoms with van der Waals surface area (Å²) in [6.45, 7) is 3.59. The van der Waals surface area contributed by atoms with Crippen LogP contribution in [0.25, 0.3) is 0 Å². The van der Waals surface area contributed by atoms with Crippen LogP contribution in [0.15, 0.2) is 41.7 Å². The molecule has 7 nitrogen and oxygen atoms in total. The van der Waals surface area contributed by atoms with Gasteiger partial charge in [0.15, 0.2) is 0 Å². The van der Waals surface area contributed by atoms with Gasteiger partial charge in [-0.05, 0) is 44.4 Å². The van der Waals surface area contributed by atoms with Gasteiger partial charge in [-0.25, -0.2) is 4.98 Å². The summed E-state index contributed by atoms with van der Waals surface area (Å²) in [5.74, 6) is 0.391. The first-order chi connectivity index (χ1) is 13.2. The molecule has 2 aromatic heterocycles. The molecule has 0 saturated carbocycles. The Kier molecular flexibility index (Phi) is 5.29. The zero-order valence-electron chi connectivity index (χ0n) is 15.4. The van der Waals surface area contributed by atoms with Crippen LogP contribution < -0.4 is 5.56 Å². The first-order valence-corrected chi connectivity index (χ1v) is 9.68. The molecule has 142 valence electrons. The van der Waals surface area contributed by atoms with Crippen molar-refractivity contribution in [1.29, 1.82) is 0 Å². The van der Waals surface area contributed by atoms with Gasteiger partial charge in [0.1, 0.15) is 0 Å². The van der Waals surface area contributed by atoms with Crippen molar-refractivity contribution >= 4 is 5.91 Å². The highest BCUT2D eigenvalue weighted by Gasteiger charge is 2.31. The van der Waals surface area contributed by atoms with Crippen LogP contribution in [-0.4, -0.2) is 62.9 Å². The van der Waals surface area contributed by atoms with Crippen LogP contribution in [0.4, 0.5) is 0 Å². The van der Waals surface area contributed by atoms with Crippen molar-refractivity contribution in [3.8, 4) is 0 Å². The number of nitrogens with one attached hydrogen (secondary N) is 1. The van der Waals surface area contributed by atoms with Gasteiger partial charge in [-0.1, -0.05) is 0 Å². The molecule has 1 atom stereocenters. The molecule has 1 N–H and O–H groups in total. The topological polar surface area (TPSA) is 82.2 Å². The van der Waals surface area contributed by atoms with Crippen LogP contribution in [0.1, 0.15) is 47.7 Å². The van der Waals surface area contributed by atoms with E-state index in [4.69, 9.17) is 0 Å². The van der Waals surface area contributed by atoms with E-state index in [-0.39, 0.29) is 11.5 Å². The molecule has 0 aromatic carbocycles. The van der Waals surface area contributed by atoms with Crippen molar-refractivity contribution in [3.63, 3.8) is 0 Å². The lowest BCUT2D eigenvalue weighted by Gasteiger charge is -2.42. The molecule has 2 aromatic rings. The van der Waals surface area contributed by atoms with Crippen molar-refractivity contribution in [2.75, 3.05) is 26.2 Å². The van der Waals surface area contributed by atoms with E-state index in [1.165, 1.54) is 6.33 Å². The number of aromatic amines is 1. The third-order valence-electron chi connectivity index (χ3n) is 5.75. The summed E-state index contributed by atoms with van der Waals surface area (Å²) >= 11 is 0. The number of likely N-dealkylation sites (tertiary alicyclic amines) is 2. The van der Waals surface area contributed by atoms with Gasteiger partial charge in [0.2, 0.25) is 0 Å². The van der Waals surface area contributed by atoms with E-state index in [9.17, 15) is 9.59 Å². The van der Waals surface area contributed by atoms with Crippen molar-refractivity contribution in [2.24, 2.45) is 0 Å². The van der Waals surface area contributed by atoms with Gasteiger partial charge in [-0.15, -0.1) is 0 Å². The van der Waals surface area contributed by atoms with Crippen LogP contribution in [0.2, 0.25) is 0 Å². The van der Waals surface area contributed by atoms with Crippen molar-refractivity contribution in [3.05, 3.63) is 58.5 Å². The molecule has 0 spiro atoms. The Labute approximate surface area is 158 Å². The lowest BCUT2D eigenvalue weighted by molar-refractivity contribution is 0.0569. The number of amides is 1. The number of nitrogens with zero attached hydrogens (tertiary/aromatic N) is 4. The summed E-state index contributed by atoms with van der Waals surface area (Å²) in [5.41, 5.74) is 1.47. The predicted octanol–water partition coefficient (Wildman–Crippen LogP) is 1.65. The number of carbonyl (C=O) groups is 1. The first kappa shape index (κ1) is 17.9. The van der Waals surface area contributed by atoms with Crippen LogP contribution >= 0.6 is 0 Å². The molecule has 2 fully saturated rings. The van der Waals surface area contributed by atoms with Gasteiger partial charge in [-0.3, -0.25) is 19.5 Å². The standard InChI is InChI=1S/C20H25N5O2/c26-19-11-18(22-14-23-19)16-4-2-8-25(13-16)17-5-9-24(10-6-17)20(27)15-3-1-7-21-12-15/h1,3,7,11-12,14,16-17H,2,4-6,8-10,13H2,(H,22,23,26). The second-order valence-electron chi connectivity index (χ2n) is 7.44. The molecular formula is C20H25N5O2. The average Bonchev–Trinajstić information content (AvgIpc) is 2.74. The fourth-order valence-electron chi connectivity index (χ4n) is 4.29. The van der Waals surface area contributed by atoms with Crippen molar-refractivity contribution < 1.29 is 4.79 Å². The summed E-state index contributed by atoms with van der Waals surface area (Å²) in [4.78, 5) is 39.6. The van der Waals surface area contributed by atoms with E-state index in [2.05, 4.69) is 19.9 Å². The molecule has 7 heteroatoms. The number of rotatable bonds is 3. The predicted molar refractivity (Wildman–Crippen MR) is 102 cm³/mol. The molecule has 0 bridgehead atoms. The third kappa shape index (κ3) is 4.08. The molecule has 27 heavy (non-hydrogen) atoms. The number of hydrogen-bond acceptors (Lipinski definition) is 5. The molecule has 2 aliphatic rings. The molecule has 2 aliphatic heterocycles. The maximum absolute atomic E-state index is 12.6. The van der Waals surface area contributed by atoms with E-state index >= 15 is 0 Å². The highest BCUT2D eigenvalue weighted by Crippen LogP contribution is 2.29. The van der Waals surface area contributed by atoms with Crippen molar-refractivity contribution in [1.82, 2.24) is 24.8 Å². The number of carbonyl (C=O) groups excluding carboxylic acids is 1. The highest BCUT2D eigenvalue weighted by molar-refractivity contribution is 5.93. The Morgan fingerprint density at radius 3 is 2.78 bits per heavy atom. The van der Waals surface area contributed by atoms with Crippen LogP contribution in [0, 0.1) is 0 Å². The van der Waals surface area contributed by atoms with E-state index in [1.807, 2.05) is 11.0 Å². The number of H-pyrrole nitrogens is 1. The number of pyridine rings is 1. The van der Waals surface area contributed by atoms with E-state index in [0.717, 1.165) is 57.6 Å². The van der Waals surface area contributed by atoms with Crippen molar-refractivity contribution in [2.45, 2.75) is 37.6 Å². The van der Waals surface area contributed by atoms with Gasteiger partial charge in [0, 0.05) is 50.1 Å². The maximum atomic E-state index is 12.6. The SMILES string of the molecule is O=C(c1cccnc1)N1CCC(N2CCCC(c3cc(=O)[nH]cn3)C2)CC1. The first-order valence-electron chi connectivity index (χ1n) is 9.68. The fraction of sp³-hybridized carbons (Fsp3) is 0.500. The number of aromatic nitrogens is 3. The largest absolute Gasteiger partial charge is 0.338 e. The quantitative estimate of drug-likeness (QED) is 0.892. The van der Waals surface area contributed by atoms with Gasteiger partial charge < -0.3 is 9.88 Å². The third-order valence-corrected chi connectivity index (χ3v) is 5.75. The van der Waals surface area contributed by atoms with Gasteiger partial charge in [0.25, 0.3) is 11.5 Å². The Hall–Kier alpha value is -2.54.